The van der Waals surface area contributed by atoms with Crippen molar-refractivity contribution in [2.75, 3.05) is 6.61 Å². The predicted octanol–water partition coefficient (Wildman–Crippen LogP) is 1.54. The van der Waals surface area contributed by atoms with Crippen molar-refractivity contribution in [3.8, 4) is 0 Å². The maximum atomic E-state index is 11.8. The molecule has 0 saturated carbocycles. The monoisotopic (exact) mass is 321 g/mol. The fourth-order valence-electron chi connectivity index (χ4n) is 2.06. The number of unbranched alkanes of at least 4 members (excludes halogenated alkanes) is 7. The van der Waals surface area contributed by atoms with Crippen molar-refractivity contribution >= 4 is 10.1 Å². The third kappa shape index (κ3) is 9.69. The summed E-state index contributed by atoms with van der Waals surface area (Å²) < 4.78 is 28.7. The Hall–Kier alpha value is 0.130. The summed E-state index contributed by atoms with van der Waals surface area (Å²) in [6.07, 6.45) is 9.44. The second-order valence-electron chi connectivity index (χ2n) is 5.06. The topological polar surface area (TPSA) is 43.4 Å². The Morgan fingerprint density at radius 2 is 1.38 bits per heavy atom. The van der Waals surface area contributed by atoms with Crippen LogP contribution in [0.4, 0.5) is 0 Å². The molecule has 0 saturated heterocycles. The van der Waals surface area contributed by atoms with Crippen LogP contribution in [0, 0.1) is 0 Å². The first-order valence-electron chi connectivity index (χ1n) is 7.61. The van der Waals surface area contributed by atoms with Gasteiger partial charge in [0.25, 0.3) is 10.1 Å². The zero-order chi connectivity index (χ0) is 14.7. The Morgan fingerprint density at radius 1 is 0.857 bits per heavy atom. The maximum Gasteiger partial charge on any atom is 1.00 e. The molecule has 114 valence electrons. The molecule has 0 aliphatic heterocycles. The fourth-order valence-corrected chi connectivity index (χ4v) is 3.02. The summed E-state index contributed by atoms with van der Waals surface area (Å²) in [6, 6.07) is 8.31. The van der Waals surface area contributed by atoms with Gasteiger partial charge in [-0.2, -0.15) is 8.42 Å². The molecule has 5 heteroatoms. The van der Waals surface area contributed by atoms with E-state index in [4.69, 9.17) is 4.18 Å². The molecule has 0 spiro atoms. The Labute approximate surface area is 151 Å². The fraction of sp³-hybridized carbons (Fsp3) is 0.625. The van der Waals surface area contributed by atoms with Gasteiger partial charge in [-0.25, -0.2) is 0 Å². The van der Waals surface area contributed by atoms with Gasteiger partial charge in [0, 0.05) is 0 Å². The number of hydrogen-bond acceptors (Lipinski definition) is 3. The first-order valence-corrected chi connectivity index (χ1v) is 9.02. The minimum atomic E-state index is -3.57. The molecule has 0 aliphatic rings. The van der Waals surface area contributed by atoms with Crippen LogP contribution in [0.1, 0.15) is 58.3 Å². The van der Waals surface area contributed by atoms with Gasteiger partial charge in [-0.05, 0) is 18.6 Å². The molecule has 0 radical (unpaired) electrons. The van der Waals surface area contributed by atoms with E-state index in [1.807, 2.05) is 0 Å². The van der Waals surface area contributed by atoms with Gasteiger partial charge in [-0.1, -0.05) is 70.1 Å². The van der Waals surface area contributed by atoms with Crippen LogP contribution in [0.2, 0.25) is 0 Å². The molecule has 3 nitrogen and oxygen atoms in total. The molecule has 1 rings (SSSR count). The molecule has 0 unspecified atom stereocenters. The Morgan fingerprint density at radius 3 is 1.95 bits per heavy atom. The molecule has 0 aliphatic carbocycles. The molecular weight excluding hydrogens is 295 g/mol. The zero-order valence-electron chi connectivity index (χ0n) is 13.4. The number of benzene rings is 1. The molecule has 0 aromatic heterocycles. The molecule has 0 bridgehead atoms. The van der Waals surface area contributed by atoms with Crippen LogP contribution in [-0.4, -0.2) is 15.0 Å². The molecule has 0 N–H and O–H groups in total. The molecule has 0 atom stereocenters. The summed E-state index contributed by atoms with van der Waals surface area (Å²) in [5, 5.41) is 0. The van der Waals surface area contributed by atoms with Crippen molar-refractivity contribution in [1.29, 1.82) is 0 Å². The standard InChI is InChI=1S/C16H26O3S.Na/c1-2-3-4-5-6-7-8-12-15-19-20(17,18)16-13-10-9-11-14-16;/h9-11,13-14H,2-8,12,15H2,1H3;/q;+1. The third-order valence-electron chi connectivity index (χ3n) is 3.27. The van der Waals surface area contributed by atoms with Gasteiger partial charge >= 0.3 is 29.6 Å². The van der Waals surface area contributed by atoms with E-state index in [-0.39, 0.29) is 41.1 Å². The van der Waals surface area contributed by atoms with Crippen LogP contribution in [0.5, 0.6) is 0 Å². The summed E-state index contributed by atoms with van der Waals surface area (Å²) in [5.41, 5.74) is 0. The zero-order valence-corrected chi connectivity index (χ0v) is 16.2. The van der Waals surface area contributed by atoms with E-state index in [0.717, 1.165) is 12.8 Å². The van der Waals surface area contributed by atoms with Crippen molar-refractivity contribution in [1.82, 2.24) is 0 Å². The Kier molecular flexibility index (Phi) is 12.7. The van der Waals surface area contributed by atoms with E-state index in [0.29, 0.717) is 0 Å². The van der Waals surface area contributed by atoms with Crippen molar-refractivity contribution in [3.63, 3.8) is 0 Å². The van der Waals surface area contributed by atoms with Crippen LogP contribution in [-0.2, 0) is 14.3 Å². The first-order chi connectivity index (χ1) is 9.67. The quantitative estimate of drug-likeness (QED) is 0.353. The second kappa shape index (κ2) is 12.7. The van der Waals surface area contributed by atoms with E-state index in [9.17, 15) is 8.42 Å². The minimum absolute atomic E-state index is 0. The van der Waals surface area contributed by atoms with Gasteiger partial charge < -0.3 is 0 Å². The molecular formula is C16H26NaO3S+. The third-order valence-corrected chi connectivity index (χ3v) is 4.59. The molecule has 1 aromatic rings. The molecule has 0 fully saturated rings. The van der Waals surface area contributed by atoms with Gasteiger partial charge in [0.1, 0.15) is 0 Å². The minimum Gasteiger partial charge on any atom is -0.266 e. The number of hydrogen-bond donors (Lipinski definition) is 0. The van der Waals surface area contributed by atoms with E-state index < -0.39 is 10.1 Å². The van der Waals surface area contributed by atoms with Crippen molar-refractivity contribution in [3.05, 3.63) is 30.3 Å². The second-order valence-corrected chi connectivity index (χ2v) is 6.68. The van der Waals surface area contributed by atoms with Crippen molar-refractivity contribution in [2.24, 2.45) is 0 Å². The predicted molar refractivity (Wildman–Crippen MR) is 82.2 cm³/mol. The smallest absolute Gasteiger partial charge is 0.266 e. The van der Waals surface area contributed by atoms with Crippen LogP contribution in [0.25, 0.3) is 0 Å². The number of rotatable bonds is 11. The van der Waals surface area contributed by atoms with Crippen molar-refractivity contribution in [2.45, 2.75) is 63.2 Å². The molecule has 0 heterocycles. The van der Waals surface area contributed by atoms with Gasteiger partial charge in [0.2, 0.25) is 0 Å². The SMILES string of the molecule is CCCCCCCCCCOS(=O)(=O)c1ccccc1.[Na+]. The van der Waals surface area contributed by atoms with Gasteiger partial charge in [-0.3, -0.25) is 4.18 Å². The average molecular weight is 321 g/mol. The van der Waals surface area contributed by atoms with Gasteiger partial charge in [-0.15, -0.1) is 0 Å². The molecule has 0 amide bonds. The van der Waals surface area contributed by atoms with Crippen LogP contribution < -0.4 is 29.6 Å². The first kappa shape index (κ1) is 21.1. The van der Waals surface area contributed by atoms with E-state index in [1.54, 1.807) is 30.3 Å². The van der Waals surface area contributed by atoms with Gasteiger partial charge in [0.15, 0.2) is 0 Å². The van der Waals surface area contributed by atoms with E-state index in [2.05, 4.69) is 6.92 Å². The Bertz CT molecular complexity index is 446. The normalized spacial score (nSPS) is 11.1. The maximum absolute atomic E-state index is 11.8. The van der Waals surface area contributed by atoms with Crippen LogP contribution in [0.3, 0.4) is 0 Å². The van der Waals surface area contributed by atoms with Crippen LogP contribution in [0.15, 0.2) is 35.2 Å². The molecule has 1 aromatic carbocycles. The van der Waals surface area contributed by atoms with Crippen molar-refractivity contribution < 1.29 is 42.2 Å². The Balaban J connectivity index is 0.00000400. The van der Waals surface area contributed by atoms with Crippen LogP contribution >= 0.6 is 0 Å². The summed E-state index contributed by atoms with van der Waals surface area (Å²) in [6.45, 7) is 2.50. The summed E-state index contributed by atoms with van der Waals surface area (Å²) in [5.74, 6) is 0. The summed E-state index contributed by atoms with van der Waals surface area (Å²) in [7, 11) is -3.57. The summed E-state index contributed by atoms with van der Waals surface area (Å²) >= 11 is 0. The average Bonchev–Trinajstić information content (AvgIpc) is 2.46. The van der Waals surface area contributed by atoms with E-state index >= 15 is 0 Å². The molecule has 21 heavy (non-hydrogen) atoms. The van der Waals surface area contributed by atoms with E-state index in [1.165, 1.54) is 38.5 Å². The largest absolute Gasteiger partial charge is 1.00 e. The van der Waals surface area contributed by atoms with Gasteiger partial charge in [0.05, 0.1) is 11.5 Å². The summed E-state index contributed by atoms with van der Waals surface area (Å²) in [4.78, 5) is 0.236.